The van der Waals surface area contributed by atoms with E-state index in [1.807, 2.05) is 0 Å². The Bertz CT molecular complexity index is 370. The van der Waals surface area contributed by atoms with E-state index in [2.05, 4.69) is 60.4 Å². The number of benzene rings is 1. The Hall–Kier alpha value is -0.0331. The molecule has 82 valence electrons. The maximum Gasteiger partial charge on any atom is 0.123 e. The van der Waals surface area contributed by atoms with Gasteiger partial charge >= 0.3 is 0 Å². The lowest BCUT2D eigenvalue weighted by molar-refractivity contribution is 0.252. The third kappa shape index (κ3) is 2.97. The molecule has 1 nitrogen and oxygen atoms in total. The molecule has 0 fully saturated rings. The fourth-order valence-electron chi connectivity index (χ4n) is 2.09. The second-order valence-corrected chi connectivity index (χ2v) is 12.2. The number of halogens is 1. The fraction of sp³-hybridized carbons (Fsp3) is 0.500. The van der Waals surface area contributed by atoms with Gasteiger partial charge in [-0.2, -0.15) is 0 Å². The zero-order chi connectivity index (χ0) is 11.1. The molecule has 0 aliphatic carbocycles. The Kier molecular flexibility index (Phi) is 3.12. The highest BCUT2D eigenvalue weighted by molar-refractivity contribution is 14.1. The van der Waals surface area contributed by atoms with E-state index in [1.165, 1.54) is 15.2 Å². The van der Waals surface area contributed by atoms with Gasteiger partial charge in [-0.25, -0.2) is 0 Å². The Morgan fingerprint density at radius 1 is 1.40 bits per heavy atom. The van der Waals surface area contributed by atoms with Crippen LogP contribution >= 0.6 is 22.6 Å². The molecule has 0 saturated carbocycles. The average molecular weight is 332 g/mol. The van der Waals surface area contributed by atoms with Crippen molar-refractivity contribution in [1.29, 1.82) is 0 Å². The number of ether oxygens (including phenoxy) is 1. The zero-order valence-electron chi connectivity index (χ0n) is 9.51. The number of hydrogen-bond acceptors (Lipinski definition) is 1. The maximum atomic E-state index is 5.97. The van der Waals surface area contributed by atoms with Gasteiger partial charge in [-0.15, -0.1) is 0 Å². The second-order valence-electron chi connectivity index (χ2n) is 5.46. The molecule has 3 heteroatoms. The minimum absolute atomic E-state index is 0.435. The topological polar surface area (TPSA) is 9.23 Å². The van der Waals surface area contributed by atoms with E-state index in [-0.39, 0.29) is 0 Å². The van der Waals surface area contributed by atoms with Crippen LogP contribution in [-0.2, 0) is 6.42 Å². The number of fused-ring (bicyclic) bond motifs is 1. The summed E-state index contributed by atoms with van der Waals surface area (Å²) in [5.41, 5.74) is 1.39. The molecule has 1 unspecified atom stereocenters. The summed E-state index contributed by atoms with van der Waals surface area (Å²) in [5.74, 6) is 1.11. The molecule has 0 N–H and O–H groups in total. The van der Waals surface area contributed by atoms with Crippen molar-refractivity contribution in [3.05, 3.63) is 27.3 Å². The van der Waals surface area contributed by atoms with Gasteiger partial charge in [-0.3, -0.25) is 0 Å². The summed E-state index contributed by atoms with van der Waals surface area (Å²) in [5, 5.41) is 0. The van der Waals surface area contributed by atoms with Gasteiger partial charge in [-0.05, 0) is 52.4 Å². The van der Waals surface area contributed by atoms with E-state index in [0.29, 0.717) is 6.10 Å². The van der Waals surface area contributed by atoms with Crippen molar-refractivity contribution in [3.63, 3.8) is 0 Å². The largest absolute Gasteiger partial charge is 0.490 e. The van der Waals surface area contributed by atoms with Gasteiger partial charge in [0, 0.05) is 18.1 Å². The van der Waals surface area contributed by atoms with E-state index < -0.39 is 8.07 Å². The van der Waals surface area contributed by atoms with E-state index in [4.69, 9.17) is 4.74 Å². The van der Waals surface area contributed by atoms with Crippen LogP contribution in [0.4, 0.5) is 0 Å². The molecule has 0 radical (unpaired) electrons. The standard InChI is InChI=1S/C12H17IOSi/c1-15(2,3)8-11-7-9-6-10(13)4-5-12(9)14-11/h4-6,11H,7-8H2,1-3H3. The molecule has 0 aromatic heterocycles. The zero-order valence-corrected chi connectivity index (χ0v) is 12.7. The molecule has 0 amide bonds. The van der Waals surface area contributed by atoms with Crippen molar-refractivity contribution < 1.29 is 4.74 Å². The Balaban J connectivity index is 2.09. The first-order chi connectivity index (χ1) is 6.94. The third-order valence-corrected chi connectivity index (χ3v) is 4.95. The van der Waals surface area contributed by atoms with Crippen LogP contribution in [0.5, 0.6) is 5.75 Å². The van der Waals surface area contributed by atoms with Gasteiger partial charge < -0.3 is 4.74 Å². The summed E-state index contributed by atoms with van der Waals surface area (Å²) >= 11 is 2.36. The molecule has 1 aromatic carbocycles. The maximum absolute atomic E-state index is 5.97. The lowest BCUT2D eigenvalue weighted by atomic mass is 10.1. The summed E-state index contributed by atoms with van der Waals surface area (Å²) < 4.78 is 7.28. The third-order valence-electron chi connectivity index (χ3n) is 2.60. The molecule has 2 rings (SSSR count). The molecule has 0 spiro atoms. The summed E-state index contributed by atoms with van der Waals surface area (Å²) in [4.78, 5) is 0. The molecular formula is C12H17IOSi. The van der Waals surface area contributed by atoms with Crippen molar-refractivity contribution in [2.24, 2.45) is 0 Å². The van der Waals surface area contributed by atoms with E-state index in [0.717, 1.165) is 12.2 Å². The smallest absolute Gasteiger partial charge is 0.123 e. The van der Waals surface area contributed by atoms with Crippen LogP contribution in [0.1, 0.15) is 5.56 Å². The van der Waals surface area contributed by atoms with Gasteiger partial charge in [-0.1, -0.05) is 19.6 Å². The fourth-order valence-corrected chi connectivity index (χ4v) is 4.24. The first-order valence-corrected chi connectivity index (χ1v) is 10.2. The van der Waals surface area contributed by atoms with Crippen molar-refractivity contribution >= 4 is 30.7 Å². The van der Waals surface area contributed by atoms with E-state index in [9.17, 15) is 0 Å². The number of rotatable bonds is 2. The van der Waals surface area contributed by atoms with Crippen molar-refractivity contribution in [2.45, 2.75) is 38.2 Å². The first kappa shape index (κ1) is 11.5. The van der Waals surface area contributed by atoms with Crippen molar-refractivity contribution in [3.8, 4) is 5.75 Å². The molecule has 0 bridgehead atoms. The summed E-state index contributed by atoms with van der Waals surface area (Å²) in [6.45, 7) is 7.22. The average Bonchev–Trinajstić information content (AvgIpc) is 2.42. The van der Waals surface area contributed by atoms with Crippen LogP contribution in [0.3, 0.4) is 0 Å². The van der Waals surface area contributed by atoms with Gasteiger partial charge in [0.15, 0.2) is 0 Å². The predicted octanol–water partition coefficient (Wildman–Crippen LogP) is 3.93. The molecule has 15 heavy (non-hydrogen) atoms. The van der Waals surface area contributed by atoms with E-state index >= 15 is 0 Å². The highest BCUT2D eigenvalue weighted by Gasteiger charge is 2.28. The van der Waals surface area contributed by atoms with Crippen LogP contribution in [-0.4, -0.2) is 14.2 Å². The summed E-state index contributed by atoms with van der Waals surface area (Å²) in [7, 11) is -1.00. The monoisotopic (exact) mass is 332 g/mol. The van der Waals surface area contributed by atoms with Gasteiger partial charge in [0.25, 0.3) is 0 Å². The molecule has 1 aliphatic heterocycles. The molecule has 1 aliphatic rings. The first-order valence-electron chi connectivity index (χ1n) is 5.39. The predicted molar refractivity (Wildman–Crippen MR) is 75.4 cm³/mol. The van der Waals surface area contributed by atoms with E-state index in [1.54, 1.807) is 0 Å². The van der Waals surface area contributed by atoms with Crippen LogP contribution in [0.15, 0.2) is 18.2 Å². The summed E-state index contributed by atoms with van der Waals surface area (Å²) in [6.07, 6.45) is 1.54. The minimum Gasteiger partial charge on any atom is -0.490 e. The van der Waals surface area contributed by atoms with Gasteiger partial charge in [0.2, 0.25) is 0 Å². The van der Waals surface area contributed by atoms with Crippen molar-refractivity contribution in [1.82, 2.24) is 0 Å². The molecular weight excluding hydrogens is 315 g/mol. The highest BCUT2D eigenvalue weighted by atomic mass is 127. The molecule has 1 aromatic rings. The Labute approximate surface area is 106 Å². The molecule has 1 atom stereocenters. The minimum atomic E-state index is -1.00. The van der Waals surface area contributed by atoms with Gasteiger partial charge in [0.1, 0.15) is 11.9 Å². The number of hydrogen-bond donors (Lipinski definition) is 0. The van der Waals surface area contributed by atoms with Crippen molar-refractivity contribution in [2.75, 3.05) is 0 Å². The van der Waals surface area contributed by atoms with Crippen LogP contribution in [0.25, 0.3) is 0 Å². The molecule has 0 saturated heterocycles. The Morgan fingerprint density at radius 3 is 2.80 bits per heavy atom. The highest BCUT2D eigenvalue weighted by Crippen LogP contribution is 2.33. The second kappa shape index (κ2) is 4.09. The lowest BCUT2D eigenvalue weighted by Crippen LogP contribution is -2.29. The van der Waals surface area contributed by atoms with Crippen LogP contribution in [0, 0.1) is 3.57 Å². The van der Waals surface area contributed by atoms with Crippen LogP contribution < -0.4 is 4.74 Å². The quantitative estimate of drug-likeness (QED) is 0.589. The normalized spacial score (nSPS) is 19.9. The molecule has 1 heterocycles. The SMILES string of the molecule is C[Si](C)(C)CC1Cc2cc(I)ccc2O1. The Morgan fingerprint density at radius 2 is 2.13 bits per heavy atom. The summed E-state index contributed by atoms with van der Waals surface area (Å²) in [6, 6.07) is 7.75. The van der Waals surface area contributed by atoms with Crippen LogP contribution in [0.2, 0.25) is 25.7 Å². The van der Waals surface area contributed by atoms with Gasteiger partial charge in [0.05, 0.1) is 0 Å². The lowest BCUT2D eigenvalue weighted by Gasteiger charge is -2.20.